The summed E-state index contributed by atoms with van der Waals surface area (Å²) >= 11 is 0. The number of esters is 1. The highest BCUT2D eigenvalue weighted by molar-refractivity contribution is 6.20. The zero-order chi connectivity index (χ0) is 13.7. The number of hydrogen-bond acceptors (Lipinski definition) is 5. The second-order valence-corrected chi connectivity index (χ2v) is 4.20. The number of nitrogens with one attached hydrogen (secondary N) is 2. The van der Waals surface area contributed by atoms with Crippen LogP contribution in [0.3, 0.4) is 0 Å². The molecule has 0 unspecified atom stereocenters. The molecule has 0 amide bonds. The van der Waals surface area contributed by atoms with Crippen LogP contribution >= 0.6 is 0 Å². The van der Waals surface area contributed by atoms with E-state index in [2.05, 4.69) is 5.32 Å². The molecule has 98 valence electrons. The van der Waals surface area contributed by atoms with Gasteiger partial charge in [-0.1, -0.05) is 13.8 Å². The van der Waals surface area contributed by atoms with Crippen molar-refractivity contribution in [3.63, 3.8) is 0 Å². The van der Waals surface area contributed by atoms with Crippen molar-refractivity contribution < 1.29 is 9.53 Å². The number of nitrogens with two attached hydrogens (primary N) is 1. The smallest absolute Gasteiger partial charge is 0.342 e. The van der Waals surface area contributed by atoms with Crippen molar-refractivity contribution >= 4 is 11.7 Å². The minimum Gasteiger partial charge on any atom is -0.462 e. The van der Waals surface area contributed by atoms with E-state index in [1.807, 2.05) is 13.8 Å². The zero-order valence-electron chi connectivity index (χ0n) is 10.9. The number of carbonyl (C=O) groups is 1. The summed E-state index contributed by atoms with van der Waals surface area (Å²) in [4.78, 5) is 11.9. The molecule has 4 N–H and O–H groups in total. The largest absolute Gasteiger partial charge is 0.462 e. The summed E-state index contributed by atoms with van der Waals surface area (Å²) in [6.45, 7) is 5.72. The zero-order valence-corrected chi connectivity index (χ0v) is 10.9. The van der Waals surface area contributed by atoms with Crippen molar-refractivity contribution in [3.05, 3.63) is 35.3 Å². The van der Waals surface area contributed by atoms with Gasteiger partial charge in [-0.3, -0.25) is 0 Å². The van der Waals surface area contributed by atoms with Gasteiger partial charge in [0.15, 0.2) is 0 Å². The van der Waals surface area contributed by atoms with Gasteiger partial charge >= 0.3 is 5.97 Å². The van der Waals surface area contributed by atoms with Gasteiger partial charge < -0.3 is 21.2 Å². The van der Waals surface area contributed by atoms with Crippen LogP contribution in [0.2, 0.25) is 0 Å². The monoisotopic (exact) mass is 249 g/mol. The van der Waals surface area contributed by atoms with Crippen molar-refractivity contribution in [1.29, 1.82) is 5.41 Å². The first kappa shape index (κ1) is 14.0. The van der Waals surface area contributed by atoms with Gasteiger partial charge in [-0.2, -0.15) is 0 Å². The minimum absolute atomic E-state index is 0.0702. The Kier molecular flexibility index (Phi) is 4.71. The molecule has 5 nitrogen and oxygen atoms in total. The SMILES string of the molecule is CCOC(=O)/C(C(=N)C(C)C)=C1\C=C(N)C=CN1. The Morgan fingerprint density at radius 1 is 1.56 bits per heavy atom. The molecular weight excluding hydrogens is 230 g/mol. The Hall–Kier alpha value is -2.04. The number of dihydropyridines is 1. The van der Waals surface area contributed by atoms with Gasteiger partial charge in [-0.05, 0) is 25.0 Å². The van der Waals surface area contributed by atoms with Gasteiger partial charge in [0.2, 0.25) is 0 Å². The predicted molar refractivity (Wildman–Crippen MR) is 70.8 cm³/mol. The topological polar surface area (TPSA) is 88.2 Å². The Morgan fingerprint density at radius 3 is 2.72 bits per heavy atom. The normalized spacial score (nSPS) is 17.0. The van der Waals surface area contributed by atoms with E-state index in [9.17, 15) is 4.79 Å². The minimum atomic E-state index is -0.502. The van der Waals surface area contributed by atoms with Crippen LogP contribution < -0.4 is 11.1 Å². The van der Waals surface area contributed by atoms with Crippen LogP contribution in [-0.2, 0) is 9.53 Å². The lowest BCUT2D eigenvalue weighted by Crippen LogP contribution is -2.25. The fourth-order valence-corrected chi connectivity index (χ4v) is 1.49. The average Bonchev–Trinajstić information content (AvgIpc) is 2.29. The fraction of sp³-hybridized carbons (Fsp3) is 0.385. The molecule has 0 saturated carbocycles. The van der Waals surface area contributed by atoms with Gasteiger partial charge in [0, 0.05) is 11.9 Å². The summed E-state index contributed by atoms with van der Waals surface area (Å²) in [5.41, 5.74) is 7.19. The molecule has 5 heteroatoms. The van der Waals surface area contributed by atoms with Crippen LogP contribution in [0.5, 0.6) is 0 Å². The van der Waals surface area contributed by atoms with Crippen LogP contribution in [0.1, 0.15) is 20.8 Å². The summed E-state index contributed by atoms with van der Waals surface area (Å²) in [7, 11) is 0. The molecule has 0 aromatic carbocycles. The molecule has 0 aromatic heterocycles. The Bertz CT molecular complexity index is 445. The molecule has 1 rings (SSSR count). The summed E-state index contributed by atoms with van der Waals surface area (Å²) in [5.74, 6) is -0.572. The first-order valence-corrected chi connectivity index (χ1v) is 5.87. The molecule has 0 saturated heterocycles. The van der Waals surface area contributed by atoms with Gasteiger partial charge in [-0.15, -0.1) is 0 Å². The maximum Gasteiger partial charge on any atom is 0.342 e. The molecule has 1 aliphatic heterocycles. The summed E-state index contributed by atoms with van der Waals surface area (Å²) < 4.78 is 4.99. The number of allylic oxidation sites excluding steroid dienone is 2. The van der Waals surface area contributed by atoms with E-state index >= 15 is 0 Å². The third-order valence-corrected chi connectivity index (χ3v) is 2.42. The molecular formula is C13H19N3O2. The van der Waals surface area contributed by atoms with Crippen LogP contribution in [0.4, 0.5) is 0 Å². The van der Waals surface area contributed by atoms with E-state index in [0.717, 1.165) is 0 Å². The van der Waals surface area contributed by atoms with E-state index in [1.54, 1.807) is 25.3 Å². The van der Waals surface area contributed by atoms with Crippen LogP contribution in [0.25, 0.3) is 0 Å². The third kappa shape index (κ3) is 3.23. The molecule has 0 fully saturated rings. The van der Waals surface area contributed by atoms with Crippen LogP contribution in [-0.4, -0.2) is 18.3 Å². The summed E-state index contributed by atoms with van der Waals surface area (Å²) in [6, 6.07) is 0. The molecule has 18 heavy (non-hydrogen) atoms. The molecule has 0 aliphatic carbocycles. The number of hydrogen-bond donors (Lipinski definition) is 3. The predicted octanol–water partition coefficient (Wildman–Crippen LogP) is 1.44. The van der Waals surface area contributed by atoms with Crippen molar-refractivity contribution in [2.24, 2.45) is 11.7 Å². The van der Waals surface area contributed by atoms with Crippen molar-refractivity contribution in [2.45, 2.75) is 20.8 Å². The Labute approximate surface area is 107 Å². The van der Waals surface area contributed by atoms with Gasteiger partial charge in [0.25, 0.3) is 0 Å². The lowest BCUT2D eigenvalue weighted by molar-refractivity contribution is -0.137. The number of rotatable bonds is 4. The molecule has 1 heterocycles. The highest BCUT2D eigenvalue weighted by atomic mass is 16.5. The highest BCUT2D eigenvalue weighted by Crippen LogP contribution is 2.16. The van der Waals surface area contributed by atoms with Crippen LogP contribution in [0.15, 0.2) is 35.3 Å². The highest BCUT2D eigenvalue weighted by Gasteiger charge is 2.23. The fourth-order valence-electron chi connectivity index (χ4n) is 1.49. The van der Waals surface area contributed by atoms with Crippen molar-refractivity contribution in [3.8, 4) is 0 Å². The molecule has 0 radical (unpaired) electrons. The average molecular weight is 249 g/mol. The molecule has 0 aromatic rings. The second kappa shape index (κ2) is 6.05. The van der Waals surface area contributed by atoms with Crippen molar-refractivity contribution in [1.82, 2.24) is 5.32 Å². The third-order valence-electron chi connectivity index (χ3n) is 2.42. The lowest BCUT2D eigenvalue weighted by Gasteiger charge is -2.17. The summed E-state index contributed by atoms with van der Waals surface area (Å²) in [5, 5.41) is 10.9. The van der Waals surface area contributed by atoms with E-state index in [4.69, 9.17) is 15.9 Å². The first-order valence-electron chi connectivity index (χ1n) is 5.87. The Balaban J connectivity index is 3.20. The molecule has 0 bridgehead atoms. The maximum absolute atomic E-state index is 11.9. The first-order chi connectivity index (χ1) is 8.47. The second-order valence-electron chi connectivity index (χ2n) is 4.20. The summed E-state index contributed by atoms with van der Waals surface area (Å²) in [6.07, 6.45) is 4.95. The van der Waals surface area contributed by atoms with Gasteiger partial charge in [-0.25, -0.2) is 4.79 Å². The number of carbonyl (C=O) groups excluding carboxylic acids is 1. The molecule has 0 spiro atoms. The molecule has 0 atom stereocenters. The van der Waals surface area contributed by atoms with E-state index in [0.29, 0.717) is 11.4 Å². The van der Waals surface area contributed by atoms with Gasteiger partial charge in [0.1, 0.15) is 5.57 Å². The lowest BCUT2D eigenvalue weighted by atomic mass is 9.97. The Morgan fingerprint density at radius 2 is 2.22 bits per heavy atom. The van der Waals surface area contributed by atoms with Crippen molar-refractivity contribution in [2.75, 3.05) is 6.61 Å². The maximum atomic E-state index is 11.9. The van der Waals surface area contributed by atoms with E-state index < -0.39 is 5.97 Å². The number of ether oxygens (including phenoxy) is 1. The van der Waals surface area contributed by atoms with E-state index in [-0.39, 0.29) is 23.8 Å². The standard InChI is InChI=1S/C13H19N3O2/c1-4-18-13(17)11(12(15)8(2)3)10-7-9(14)5-6-16-10/h5-8,15-16H,4,14H2,1-3H3/b11-10+,15-12?. The van der Waals surface area contributed by atoms with Crippen LogP contribution in [0, 0.1) is 11.3 Å². The quantitative estimate of drug-likeness (QED) is 0.399. The molecule has 1 aliphatic rings. The van der Waals surface area contributed by atoms with E-state index in [1.165, 1.54) is 0 Å². The van der Waals surface area contributed by atoms with Gasteiger partial charge in [0.05, 0.1) is 18.0 Å².